The summed E-state index contributed by atoms with van der Waals surface area (Å²) < 4.78 is 1.37. The van der Waals surface area contributed by atoms with Crippen LogP contribution in [0.5, 0.6) is 0 Å². The zero-order valence-electron chi connectivity index (χ0n) is 29.2. The number of rotatable bonds is 33. The molecule has 3 nitrogen and oxygen atoms in total. The van der Waals surface area contributed by atoms with E-state index in [4.69, 9.17) is 9.90 Å². The van der Waals surface area contributed by atoms with E-state index in [9.17, 15) is 0 Å². The summed E-state index contributed by atoms with van der Waals surface area (Å²) >= 11 is 0. The minimum absolute atomic E-state index is 0.500. The maximum absolute atomic E-state index is 8.25. The zero-order chi connectivity index (χ0) is 30.5. The van der Waals surface area contributed by atoms with Gasteiger partial charge in [-0.3, -0.25) is 0 Å². The Labute approximate surface area is 260 Å². The van der Waals surface area contributed by atoms with Crippen LogP contribution in [0, 0.1) is 0 Å². The Hall–Kier alpha value is -0.570. The van der Waals surface area contributed by atoms with Gasteiger partial charge in [-0.1, -0.05) is 175 Å². The first-order chi connectivity index (χ1) is 20.1. The predicted octanol–water partition coefficient (Wildman–Crippen LogP) is 11.6. The molecule has 0 N–H and O–H groups in total. The molecule has 0 aliphatic rings. The fourth-order valence-electron chi connectivity index (χ4n) is 6.28. The third-order valence-electron chi connectivity index (χ3n) is 9.15. The zero-order valence-corrected chi connectivity index (χ0v) is 29.2. The van der Waals surface area contributed by atoms with Crippen molar-refractivity contribution in [3.63, 3.8) is 0 Å². The van der Waals surface area contributed by atoms with Crippen molar-refractivity contribution in [2.75, 3.05) is 26.7 Å². The number of quaternary nitrogens is 1. The molecule has 0 spiro atoms. The molecule has 0 fully saturated rings. The van der Waals surface area contributed by atoms with Gasteiger partial charge in [0.25, 0.3) is 0 Å². The van der Waals surface area contributed by atoms with E-state index in [1.807, 2.05) is 0 Å². The molecule has 0 radical (unpaired) electrons. The molecule has 0 unspecified atom stereocenters. The summed E-state index contributed by atoms with van der Waals surface area (Å²) in [5.74, 6) is 0. The van der Waals surface area contributed by atoms with Gasteiger partial charge in [-0.15, -0.1) is 0 Å². The SMILES string of the molecule is CCCCCCCCCCCC[N+](C)(CCCCCCCCCCCC)CCCCCCCCCCCC.O=C[O-]. The lowest BCUT2D eigenvalue weighted by atomic mass is 10.0. The Kier molecular flexibility index (Phi) is 38.9. The highest BCUT2D eigenvalue weighted by molar-refractivity contribution is 5.29. The van der Waals surface area contributed by atoms with Crippen LogP contribution >= 0.6 is 0 Å². The maximum Gasteiger partial charge on any atom is 0.0784 e. The van der Waals surface area contributed by atoms with Gasteiger partial charge in [0.15, 0.2) is 0 Å². The molecule has 41 heavy (non-hydrogen) atoms. The van der Waals surface area contributed by atoms with E-state index in [0.717, 1.165) is 0 Å². The van der Waals surface area contributed by atoms with Crippen LogP contribution in [-0.4, -0.2) is 37.6 Å². The lowest BCUT2D eigenvalue weighted by Crippen LogP contribution is -2.46. The first kappa shape index (κ1) is 42.6. The number of unbranched alkanes of at least 4 members (excludes halogenated alkanes) is 27. The number of carbonyl (C=O) groups is 1. The number of hydrogen-bond donors (Lipinski definition) is 0. The van der Waals surface area contributed by atoms with E-state index >= 15 is 0 Å². The Bertz CT molecular complexity index is 407. The summed E-state index contributed by atoms with van der Waals surface area (Å²) in [5, 5.41) is 8.25. The molecule has 0 bridgehead atoms. The Morgan fingerprint density at radius 2 is 0.512 bits per heavy atom. The van der Waals surface area contributed by atoms with Crippen molar-refractivity contribution in [2.45, 2.75) is 213 Å². The van der Waals surface area contributed by atoms with E-state index in [2.05, 4.69) is 27.8 Å². The Morgan fingerprint density at radius 3 is 0.683 bits per heavy atom. The van der Waals surface area contributed by atoms with Crippen LogP contribution in [0.3, 0.4) is 0 Å². The van der Waals surface area contributed by atoms with Crippen molar-refractivity contribution in [2.24, 2.45) is 0 Å². The summed E-state index contributed by atoms with van der Waals surface area (Å²) in [4.78, 5) is 8.25. The van der Waals surface area contributed by atoms with Crippen molar-refractivity contribution in [3.05, 3.63) is 0 Å². The third kappa shape index (κ3) is 37.4. The maximum atomic E-state index is 8.25. The number of carbonyl (C=O) groups excluding carboxylic acids is 1. The van der Waals surface area contributed by atoms with Crippen LogP contribution in [0.1, 0.15) is 213 Å². The van der Waals surface area contributed by atoms with E-state index in [0.29, 0.717) is 0 Å². The largest absolute Gasteiger partial charge is 0.554 e. The van der Waals surface area contributed by atoms with Crippen molar-refractivity contribution >= 4 is 6.47 Å². The fraction of sp³-hybridized carbons (Fsp3) is 0.974. The van der Waals surface area contributed by atoms with Crippen molar-refractivity contribution in [3.8, 4) is 0 Å². The molecule has 0 saturated carbocycles. The summed E-state index contributed by atoms with van der Waals surface area (Å²) in [7, 11) is 2.61. The van der Waals surface area contributed by atoms with Gasteiger partial charge in [0.1, 0.15) is 0 Å². The molecule has 0 saturated heterocycles. The number of nitrogens with zero attached hydrogens (tertiary/aromatic N) is 1. The highest BCUT2D eigenvalue weighted by atomic mass is 16.3. The average molecular weight is 582 g/mol. The number of hydrogen-bond acceptors (Lipinski definition) is 2. The molecular formula is C38H79NO2. The van der Waals surface area contributed by atoms with Crippen LogP contribution in [0.4, 0.5) is 0 Å². The molecule has 248 valence electrons. The monoisotopic (exact) mass is 582 g/mol. The van der Waals surface area contributed by atoms with Gasteiger partial charge in [-0.2, -0.15) is 0 Å². The van der Waals surface area contributed by atoms with Gasteiger partial charge in [0.2, 0.25) is 0 Å². The van der Waals surface area contributed by atoms with Crippen molar-refractivity contribution in [1.29, 1.82) is 0 Å². The molecular weight excluding hydrogens is 502 g/mol. The van der Waals surface area contributed by atoms with Crippen molar-refractivity contribution < 1.29 is 14.4 Å². The second kappa shape index (κ2) is 37.5. The van der Waals surface area contributed by atoms with E-state index in [1.54, 1.807) is 0 Å². The van der Waals surface area contributed by atoms with Crippen LogP contribution < -0.4 is 5.11 Å². The lowest BCUT2D eigenvalue weighted by molar-refractivity contribution is -0.910. The lowest BCUT2D eigenvalue weighted by Gasteiger charge is -2.35. The highest BCUT2D eigenvalue weighted by Crippen LogP contribution is 2.18. The molecule has 0 amide bonds. The first-order valence-electron chi connectivity index (χ1n) is 19.0. The van der Waals surface area contributed by atoms with Crippen LogP contribution in [0.25, 0.3) is 0 Å². The minimum Gasteiger partial charge on any atom is -0.554 e. The summed E-state index contributed by atoms with van der Waals surface area (Å²) in [5.41, 5.74) is 0. The Balaban J connectivity index is 0. The molecule has 0 atom stereocenters. The van der Waals surface area contributed by atoms with Gasteiger partial charge in [-0.05, 0) is 38.5 Å². The summed E-state index contributed by atoms with van der Waals surface area (Å²) in [6, 6.07) is 0. The van der Waals surface area contributed by atoms with Gasteiger partial charge in [0, 0.05) is 6.47 Å². The second-order valence-electron chi connectivity index (χ2n) is 13.4. The van der Waals surface area contributed by atoms with E-state index < -0.39 is 6.47 Å². The normalized spacial score (nSPS) is 11.4. The fourth-order valence-corrected chi connectivity index (χ4v) is 6.28. The molecule has 0 aromatic carbocycles. The molecule has 3 heteroatoms. The van der Waals surface area contributed by atoms with Crippen molar-refractivity contribution in [1.82, 2.24) is 0 Å². The van der Waals surface area contributed by atoms with Gasteiger partial charge in [-0.25, -0.2) is 0 Å². The van der Waals surface area contributed by atoms with Crippen LogP contribution in [-0.2, 0) is 4.79 Å². The van der Waals surface area contributed by atoms with Gasteiger partial charge in [0.05, 0.1) is 26.7 Å². The molecule has 0 aromatic heterocycles. The first-order valence-corrected chi connectivity index (χ1v) is 19.0. The molecule has 0 aromatic rings. The average Bonchev–Trinajstić information content (AvgIpc) is 2.96. The second-order valence-corrected chi connectivity index (χ2v) is 13.4. The third-order valence-corrected chi connectivity index (χ3v) is 9.15. The van der Waals surface area contributed by atoms with Crippen LogP contribution in [0.2, 0.25) is 0 Å². The molecule has 0 rings (SSSR count). The number of carboxylic acid groups (broad SMARTS) is 1. The molecule has 0 aliphatic heterocycles. The van der Waals surface area contributed by atoms with E-state index in [1.165, 1.54) is 217 Å². The van der Waals surface area contributed by atoms with E-state index in [-0.39, 0.29) is 0 Å². The van der Waals surface area contributed by atoms with Crippen LogP contribution in [0.15, 0.2) is 0 Å². The summed E-state index contributed by atoms with van der Waals surface area (Å²) in [6.45, 7) is 10.8. The Morgan fingerprint density at radius 1 is 0.366 bits per heavy atom. The highest BCUT2D eigenvalue weighted by Gasteiger charge is 2.20. The summed E-state index contributed by atoms with van der Waals surface area (Å²) in [6.07, 6.45) is 43.8. The quantitative estimate of drug-likeness (QED) is 0.0439. The predicted molar refractivity (Wildman–Crippen MR) is 182 cm³/mol. The minimum atomic E-state index is -0.500. The molecule has 0 aliphatic carbocycles. The standard InChI is InChI=1S/C37H78N.CH2O2/c1-5-8-11-14-17-20-23-26-29-32-35-38(4,36-33-30-27-24-21-18-15-12-9-6-2)37-34-31-28-25-22-19-16-13-10-7-3;2-1-3/h5-37H2,1-4H3;1H,(H,2,3)/q+1;/p-1. The smallest absolute Gasteiger partial charge is 0.0784 e. The topological polar surface area (TPSA) is 40.1 Å². The van der Waals surface area contributed by atoms with Gasteiger partial charge >= 0.3 is 0 Å². The molecule has 0 heterocycles. The van der Waals surface area contributed by atoms with Gasteiger partial charge < -0.3 is 14.4 Å².